The summed E-state index contributed by atoms with van der Waals surface area (Å²) in [7, 11) is 0. The minimum absolute atomic E-state index is 0.0940. The Morgan fingerprint density at radius 1 is 0.607 bits per heavy atom. The van der Waals surface area contributed by atoms with Gasteiger partial charge in [-0.15, -0.1) is 22.7 Å². The Labute approximate surface area is 351 Å². The van der Waals surface area contributed by atoms with Crippen LogP contribution in [0, 0.1) is 24.3 Å². The fraction of sp³-hybridized carbons (Fsp3) is 0.349. The smallest absolute Gasteiger partial charge is 0.272 e. The van der Waals surface area contributed by atoms with Gasteiger partial charge in [0, 0.05) is 64.3 Å². The summed E-state index contributed by atoms with van der Waals surface area (Å²) in [5.74, 6) is -0.191. The number of amides is 2. The second-order valence-electron chi connectivity index (χ2n) is 14.7. The molecule has 2 saturated heterocycles. The van der Waals surface area contributed by atoms with E-state index in [0.717, 1.165) is 73.9 Å². The van der Waals surface area contributed by atoms with Crippen molar-refractivity contribution < 1.29 is 9.59 Å². The van der Waals surface area contributed by atoms with Crippen LogP contribution < -0.4 is 20.4 Å². The SMILES string of the molecule is Cc1cc(C(=O)Nc2ccc(I)cc2)n(Cc2csc(N3CCCCC3)n2)c1.Cc1ccc(NC(=O)c2cc(C)cn2Cc2csc(N3CCCCC3)n2)cc1. The standard InChI is InChI=1S/C22H26N4OS.C21H23IN4OS/c1-16-6-8-18(9-7-16)23-21(27)20-12-17(2)13-26(20)14-19-15-28-22(24-19)25-10-4-3-5-11-25;1-15-11-19(20(27)23-17-7-5-16(22)6-8-17)26(12-15)13-18-14-28-21(24-18)25-9-3-2-4-10-25/h6-9,12-13,15H,3-5,10-11,14H2,1-2H3,(H,23,27);5-8,11-12,14H,2-4,9-10,13H2,1H3,(H,23,27). The highest BCUT2D eigenvalue weighted by Crippen LogP contribution is 2.27. The van der Waals surface area contributed by atoms with E-state index in [9.17, 15) is 9.59 Å². The molecule has 0 radical (unpaired) electrons. The molecular formula is C43H49IN8O2S2. The number of thiazole rings is 2. The number of carbonyl (C=O) groups excluding carboxylic acids is 2. The zero-order valence-corrected chi connectivity index (χ0v) is 36.1. The van der Waals surface area contributed by atoms with Crippen LogP contribution in [0.1, 0.15) is 87.6 Å². The van der Waals surface area contributed by atoms with E-state index in [4.69, 9.17) is 9.97 Å². The summed E-state index contributed by atoms with van der Waals surface area (Å²) in [5, 5.41) is 12.4. The predicted molar refractivity (Wildman–Crippen MR) is 239 cm³/mol. The van der Waals surface area contributed by atoms with E-state index in [1.165, 1.54) is 44.1 Å². The molecule has 56 heavy (non-hydrogen) atoms. The molecule has 6 heterocycles. The molecule has 2 aliphatic rings. The van der Waals surface area contributed by atoms with Crippen LogP contribution in [0.15, 0.2) is 83.8 Å². The van der Waals surface area contributed by atoms with Gasteiger partial charge >= 0.3 is 0 Å². The van der Waals surface area contributed by atoms with Crippen LogP contribution in [0.25, 0.3) is 0 Å². The van der Waals surface area contributed by atoms with Gasteiger partial charge in [-0.3, -0.25) is 9.59 Å². The first-order valence-electron chi connectivity index (χ1n) is 19.3. The van der Waals surface area contributed by atoms with E-state index in [-0.39, 0.29) is 11.8 Å². The molecule has 0 unspecified atom stereocenters. The maximum Gasteiger partial charge on any atom is 0.272 e. The van der Waals surface area contributed by atoms with Crippen molar-refractivity contribution in [3.63, 3.8) is 0 Å². The highest BCUT2D eigenvalue weighted by Gasteiger charge is 2.19. The van der Waals surface area contributed by atoms with Gasteiger partial charge in [0.2, 0.25) is 0 Å². The van der Waals surface area contributed by atoms with Gasteiger partial charge in [0.1, 0.15) is 11.4 Å². The van der Waals surface area contributed by atoms with E-state index in [1.54, 1.807) is 22.7 Å². The molecule has 2 aromatic carbocycles. The van der Waals surface area contributed by atoms with Gasteiger partial charge < -0.3 is 29.6 Å². The number of benzene rings is 2. The van der Waals surface area contributed by atoms with Crippen LogP contribution >= 0.6 is 45.3 Å². The van der Waals surface area contributed by atoms with Crippen LogP contribution in [0.3, 0.4) is 0 Å². The lowest BCUT2D eigenvalue weighted by atomic mass is 10.1. The topological polar surface area (TPSA) is 100 Å². The number of aromatic nitrogens is 4. The van der Waals surface area contributed by atoms with Crippen molar-refractivity contribution in [2.24, 2.45) is 0 Å². The molecule has 0 aliphatic carbocycles. The number of nitrogens with zero attached hydrogens (tertiary/aromatic N) is 6. The van der Waals surface area contributed by atoms with Crippen molar-refractivity contribution in [3.05, 3.63) is 127 Å². The zero-order chi connectivity index (χ0) is 39.0. The minimum atomic E-state index is -0.0965. The largest absolute Gasteiger partial charge is 0.348 e. The van der Waals surface area contributed by atoms with Crippen LogP contribution in [-0.4, -0.2) is 57.1 Å². The van der Waals surface area contributed by atoms with Crippen LogP contribution in [0.5, 0.6) is 0 Å². The zero-order valence-electron chi connectivity index (χ0n) is 32.3. The molecule has 0 spiro atoms. The summed E-state index contributed by atoms with van der Waals surface area (Å²) in [6, 6.07) is 19.5. The van der Waals surface area contributed by atoms with Crippen molar-refractivity contribution >= 4 is 78.7 Å². The molecule has 292 valence electrons. The Morgan fingerprint density at radius 2 is 1.02 bits per heavy atom. The third-order valence-corrected chi connectivity index (χ3v) is 12.6. The van der Waals surface area contributed by atoms with Gasteiger partial charge in [-0.2, -0.15) is 0 Å². The number of hydrogen-bond acceptors (Lipinski definition) is 8. The number of anilines is 4. The maximum atomic E-state index is 12.8. The van der Waals surface area contributed by atoms with Crippen molar-refractivity contribution in [2.45, 2.75) is 72.4 Å². The van der Waals surface area contributed by atoms with Crippen LogP contribution in [0.2, 0.25) is 0 Å². The van der Waals surface area contributed by atoms with E-state index in [1.807, 2.05) is 103 Å². The molecule has 2 aliphatic heterocycles. The van der Waals surface area contributed by atoms with E-state index in [0.29, 0.717) is 24.5 Å². The third kappa shape index (κ3) is 10.5. The lowest BCUT2D eigenvalue weighted by Crippen LogP contribution is -2.29. The summed E-state index contributed by atoms with van der Waals surface area (Å²) in [6.45, 7) is 11.7. The first-order chi connectivity index (χ1) is 27.2. The normalized spacial score (nSPS) is 14.3. The number of carbonyl (C=O) groups is 2. The Bertz CT molecular complexity index is 2070. The van der Waals surface area contributed by atoms with Gasteiger partial charge in [0.15, 0.2) is 10.3 Å². The summed E-state index contributed by atoms with van der Waals surface area (Å²) in [4.78, 5) is 40.0. The average Bonchev–Trinajstić information content (AvgIpc) is 4.02. The van der Waals surface area contributed by atoms with E-state index < -0.39 is 0 Å². The quantitative estimate of drug-likeness (QED) is 0.133. The third-order valence-electron chi connectivity index (χ3n) is 9.94. The second-order valence-corrected chi connectivity index (χ2v) is 17.6. The maximum absolute atomic E-state index is 12.8. The second kappa shape index (κ2) is 18.6. The molecule has 0 atom stereocenters. The number of halogens is 1. The molecule has 2 N–H and O–H groups in total. The molecule has 2 amide bonds. The number of hydrogen-bond donors (Lipinski definition) is 2. The molecule has 10 nitrogen and oxygen atoms in total. The van der Waals surface area contributed by atoms with Crippen LogP contribution in [0.4, 0.5) is 21.6 Å². The van der Waals surface area contributed by atoms with Gasteiger partial charge in [0.05, 0.1) is 24.5 Å². The van der Waals surface area contributed by atoms with Gasteiger partial charge in [-0.1, -0.05) is 17.7 Å². The number of rotatable bonds is 10. The summed E-state index contributed by atoms with van der Waals surface area (Å²) in [5.41, 5.74) is 8.24. The fourth-order valence-electron chi connectivity index (χ4n) is 7.06. The Morgan fingerprint density at radius 3 is 1.45 bits per heavy atom. The first kappa shape index (κ1) is 39.8. The molecule has 2 fully saturated rings. The average molecular weight is 901 g/mol. The molecular weight excluding hydrogens is 852 g/mol. The van der Waals surface area contributed by atoms with Gasteiger partial charge in [-0.05, 0) is 142 Å². The monoisotopic (exact) mass is 900 g/mol. The van der Waals surface area contributed by atoms with Crippen molar-refractivity contribution in [1.29, 1.82) is 0 Å². The highest BCUT2D eigenvalue weighted by molar-refractivity contribution is 14.1. The van der Waals surface area contributed by atoms with Crippen molar-refractivity contribution in [1.82, 2.24) is 19.1 Å². The van der Waals surface area contributed by atoms with E-state index in [2.05, 4.69) is 53.8 Å². The molecule has 0 bridgehead atoms. The summed E-state index contributed by atoms with van der Waals surface area (Å²) < 4.78 is 5.13. The lowest BCUT2D eigenvalue weighted by Gasteiger charge is -2.25. The van der Waals surface area contributed by atoms with Gasteiger partial charge in [-0.25, -0.2) is 9.97 Å². The first-order valence-corrected chi connectivity index (χ1v) is 22.2. The Kier molecular flexibility index (Phi) is 13.2. The molecule has 13 heteroatoms. The Hall–Kier alpha value is -4.47. The summed E-state index contributed by atoms with van der Waals surface area (Å²) in [6.07, 6.45) is 11.6. The van der Waals surface area contributed by atoms with Crippen molar-refractivity contribution in [3.8, 4) is 0 Å². The lowest BCUT2D eigenvalue weighted by molar-refractivity contribution is 0.101. The molecule has 6 aromatic rings. The highest BCUT2D eigenvalue weighted by atomic mass is 127. The molecule has 4 aromatic heterocycles. The summed E-state index contributed by atoms with van der Waals surface area (Å²) >= 11 is 5.66. The fourth-order valence-corrected chi connectivity index (χ4v) is 9.16. The minimum Gasteiger partial charge on any atom is -0.348 e. The van der Waals surface area contributed by atoms with Crippen molar-refractivity contribution in [2.75, 3.05) is 46.6 Å². The predicted octanol–water partition coefficient (Wildman–Crippen LogP) is 10.0. The molecule has 0 saturated carbocycles. The molecule has 8 rings (SSSR count). The number of piperidine rings is 2. The van der Waals surface area contributed by atoms with Gasteiger partial charge in [0.25, 0.3) is 11.8 Å². The Balaban J connectivity index is 0.000000172. The number of nitrogens with one attached hydrogen (secondary N) is 2. The van der Waals surface area contributed by atoms with E-state index >= 15 is 0 Å². The number of aryl methyl sites for hydroxylation is 3. The van der Waals surface area contributed by atoms with Crippen LogP contribution in [-0.2, 0) is 13.1 Å².